The molecule has 0 bridgehead atoms. The monoisotopic (exact) mass is 464 g/mol. The average molecular weight is 465 g/mol. The van der Waals surface area contributed by atoms with Crippen LogP contribution in [0.1, 0.15) is 44.1 Å². The highest BCUT2D eigenvalue weighted by molar-refractivity contribution is 7.11. The summed E-state index contributed by atoms with van der Waals surface area (Å²) in [4.78, 5) is 32.5. The van der Waals surface area contributed by atoms with Gasteiger partial charge in [-0.25, -0.2) is 4.39 Å². The van der Waals surface area contributed by atoms with Crippen LogP contribution in [-0.4, -0.2) is 34.7 Å². The SMILES string of the molecule is Cc1ccc(C(=O)N(CC(=O)N(Cc2ccc(F)cc2)Cc2ccc(C)s2)CC2CC2)cc1. The van der Waals surface area contributed by atoms with Gasteiger partial charge in [0.25, 0.3) is 5.91 Å². The molecule has 0 atom stereocenters. The van der Waals surface area contributed by atoms with Crippen molar-refractivity contribution in [3.63, 3.8) is 0 Å². The quantitative estimate of drug-likeness (QED) is 0.414. The summed E-state index contributed by atoms with van der Waals surface area (Å²) in [6.07, 6.45) is 2.19. The van der Waals surface area contributed by atoms with E-state index in [9.17, 15) is 14.0 Å². The van der Waals surface area contributed by atoms with Crippen molar-refractivity contribution in [2.45, 2.75) is 39.8 Å². The molecule has 4 rings (SSSR count). The summed E-state index contributed by atoms with van der Waals surface area (Å²) in [6, 6.07) is 17.8. The second-order valence-corrected chi connectivity index (χ2v) is 10.3. The molecule has 0 saturated heterocycles. The number of aryl methyl sites for hydroxylation is 2. The normalized spacial score (nSPS) is 13.1. The van der Waals surface area contributed by atoms with E-state index in [1.165, 1.54) is 17.0 Å². The predicted molar refractivity (Wildman–Crippen MR) is 130 cm³/mol. The van der Waals surface area contributed by atoms with Crippen LogP contribution in [0, 0.1) is 25.6 Å². The van der Waals surface area contributed by atoms with Crippen molar-refractivity contribution in [3.8, 4) is 0 Å². The summed E-state index contributed by atoms with van der Waals surface area (Å²) >= 11 is 1.66. The van der Waals surface area contributed by atoms with Crippen LogP contribution in [-0.2, 0) is 17.9 Å². The first kappa shape index (κ1) is 23.2. The van der Waals surface area contributed by atoms with Crippen molar-refractivity contribution in [2.24, 2.45) is 5.92 Å². The van der Waals surface area contributed by atoms with Gasteiger partial charge in [0.05, 0.1) is 6.54 Å². The zero-order valence-electron chi connectivity index (χ0n) is 19.1. The number of rotatable bonds is 9. The number of nitrogens with zero attached hydrogens (tertiary/aromatic N) is 2. The van der Waals surface area contributed by atoms with Gasteiger partial charge >= 0.3 is 0 Å². The van der Waals surface area contributed by atoms with Crippen LogP contribution in [0.4, 0.5) is 4.39 Å². The number of benzene rings is 2. The van der Waals surface area contributed by atoms with Crippen molar-refractivity contribution in [1.29, 1.82) is 0 Å². The van der Waals surface area contributed by atoms with E-state index in [1.54, 1.807) is 33.3 Å². The summed E-state index contributed by atoms with van der Waals surface area (Å²) in [7, 11) is 0. The lowest BCUT2D eigenvalue weighted by Crippen LogP contribution is -2.43. The van der Waals surface area contributed by atoms with E-state index in [2.05, 4.69) is 0 Å². The fourth-order valence-corrected chi connectivity index (χ4v) is 4.68. The van der Waals surface area contributed by atoms with Gasteiger partial charge in [-0.1, -0.05) is 29.8 Å². The predicted octanol–water partition coefficient (Wildman–Crippen LogP) is 5.59. The highest BCUT2D eigenvalue weighted by atomic mass is 32.1. The summed E-state index contributed by atoms with van der Waals surface area (Å²) in [5.74, 6) is -0.0436. The molecule has 4 nitrogen and oxygen atoms in total. The second-order valence-electron chi connectivity index (χ2n) is 8.88. The zero-order valence-corrected chi connectivity index (χ0v) is 19.9. The first-order valence-corrected chi connectivity index (χ1v) is 12.1. The van der Waals surface area contributed by atoms with E-state index in [1.807, 2.05) is 50.2 Å². The van der Waals surface area contributed by atoms with Crippen LogP contribution in [0.2, 0.25) is 0 Å². The van der Waals surface area contributed by atoms with Gasteiger partial charge in [-0.15, -0.1) is 11.3 Å². The fourth-order valence-electron chi connectivity index (χ4n) is 3.77. The maximum atomic E-state index is 13.5. The highest BCUT2D eigenvalue weighted by Crippen LogP contribution is 2.30. The Morgan fingerprint density at radius 3 is 2.21 bits per heavy atom. The molecule has 1 aliphatic rings. The first-order chi connectivity index (χ1) is 15.9. The van der Waals surface area contributed by atoms with E-state index < -0.39 is 0 Å². The van der Waals surface area contributed by atoms with E-state index in [0.29, 0.717) is 31.1 Å². The van der Waals surface area contributed by atoms with Gasteiger partial charge in [0.15, 0.2) is 0 Å². The molecule has 1 heterocycles. The summed E-state index contributed by atoms with van der Waals surface area (Å²) in [5.41, 5.74) is 2.55. The highest BCUT2D eigenvalue weighted by Gasteiger charge is 2.30. The Morgan fingerprint density at radius 1 is 0.909 bits per heavy atom. The Kier molecular flexibility index (Phi) is 7.23. The number of carbonyl (C=O) groups is 2. The molecule has 2 amide bonds. The van der Waals surface area contributed by atoms with Crippen molar-refractivity contribution in [2.75, 3.05) is 13.1 Å². The van der Waals surface area contributed by atoms with Crippen LogP contribution >= 0.6 is 11.3 Å². The van der Waals surface area contributed by atoms with Gasteiger partial charge in [0.1, 0.15) is 12.4 Å². The molecule has 0 unspecified atom stereocenters. The minimum atomic E-state index is -0.301. The van der Waals surface area contributed by atoms with E-state index in [0.717, 1.165) is 28.8 Å². The summed E-state index contributed by atoms with van der Waals surface area (Å²) in [6.45, 7) is 5.49. The third-order valence-corrected chi connectivity index (χ3v) is 6.85. The average Bonchev–Trinajstić information content (AvgIpc) is 3.53. The molecule has 1 aromatic heterocycles. The summed E-state index contributed by atoms with van der Waals surface area (Å²) in [5, 5.41) is 0. The smallest absolute Gasteiger partial charge is 0.254 e. The molecule has 0 N–H and O–H groups in total. The summed E-state index contributed by atoms with van der Waals surface area (Å²) < 4.78 is 13.4. The topological polar surface area (TPSA) is 40.6 Å². The van der Waals surface area contributed by atoms with E-state index >= 15 is 0 Å². The molecule has 1 aliphatic carbocycles. The van der Waals surface area contributed by atoms with Gasteiger partial charge in [-0.2, -0.15) is 0 Å². The van der Waals surface area contributed by atoms with Crippen molar-refractivity contribution < 1.29 is 14.0 Å². The third-order valence-electron chi connectivity index (χ3n) is 5.87. The van der Waals surface area contributed by atoms with E-state index in [4.69, 9.17) is 0 Å². The van der Waals surface area contributed by atoms with Crippen LogP contribution in [0.5, 0.6) is 0 Å². The molecular formula is C27H29FN2O2S. The lowest BCUT2D eigenvalue weighted by molar-refractivity contribution is -0.133. The number of hydrogen-bond acceptors (Lipinski definition) is 3. The number of amides is 2. The van der Waals surface area contributed by atoms with Gasteiger partial charge in [0.2, 0.25) is 5.91 Å². The minimum absolute atomic E-state index is 0.0365. The largest absolute Gasteiger partial charge is 0.332 e. The molecule has 172 valence electrons. The Labute approximate surface area is 198 Å². The number of thiophene rings is 1. The number of hydrogen-bond donors (Lipinski definition) is 0. The molecule has 33 heavy (non-hydrogen) atoms. The molecule has 0 spiro atoms. The first-order valence-electron chi connectivity index (χ1n) is 11.3. The van der Waals surface area contributed by atoms with Gasteiger partial charge in [0, 0.05) is 28.4 Å². The standard InChI is InChI=1S/C27H29FN2O2S/c1-19-3-10-23(11-4-19)27(32)30(16-21-6-7-21)18-26(31)29(17-25-14-5-20(2)33-25)15-22-8-12-24(28)13-9-22/h3-5,8-14,21H,6-7,15-18H2,1-2H3. The molecular weight excluding hydrogens is 435 g/mol. The van der Waals surface area contributed by atoms with Gasteiger partial charge in [-0.3, -0.25) is 9.59 Å². The van der Waals surface area contributed by atoms with Gasteiger partial charge < -0.3 is 9.80 Å². The number of halogens is 1. The Bertz CT molecular complexity index is 1100. The minimum Gasteiger partial charge on any atom is -0.332 e. The van der Waals surface area contributed by atoms with Crippen molar-refractivity contribution in [1.82, 2.24) is 9.80 Å². The molecule has 1 saturated carbocycles. The van der Waals surface area contributed by atoms with Crippen molar-refractivity contribution >= 4 is 23.2 Å². The van der Waals surface area contributed by atoms with Gasteiger partial charge in [-0.05, 0) is 74.6 Å². The van der Waals surface area contributed by atoms with E-state index in [-0.39, 0.29) is 24.2 Å². The van der Waals surface area contributed by atoms with Crippen molar-refractivity contribution in [3.05, 3.63) is 92.9 Å². The second kappa shape index (κ2) is 10.3. The molecule has 0 radical (unpaired) electrons. The Morgan fingerprint density at radius 2 is 1.61 bits per heavy atom. The maximum absolute atomic E-state index is 13.5. The van der Waals surface area contributed by atoms with Crippen LogP contribution < -0.4 is 0 Å². The molecule has 6 heteroatoms. The zero-order chi connectivity index (χ0) is 23.4. The molecule has 2 aromatic carbocycles. The Balaban J connectivity index is 1.53. The lowest BCUT2D eigenvalue weighted by Gasteiger charge is -2.28. The van der Waals surface area contributed by atoms with Crippen LogP contribution in [0.3, 0.4) is 0 Å². The van der Waals surface area contributed by atoms with Crippen LogP contribution in [0.25, 0.3) is 0 Å². The molecule has 0 aliphatic heterocycles. The molecule has 3 aromatic rings. The fraction of sp³-hybridized carbons (Fsp3) is 0.333. The lowest BCUT2D eigenvalue weighted by atomic mass is 10.1. The third kappa shape index (κ3) is 6.51. The number of carbonyl (C=O) groups excluding carboxylic acids is 2. The Hall–Kier alpha value is -2.99. The van der Waals surface area contributed by atoms with Crippen LogP contribution in [0.15, 0.2) is 60.7 Å². The molecule has 1 fully saturated rings. The maximum Gasteiger partial charge on any atom is 0.254 e.